The lowest BCUT2D eigenvalue weighted by atomic mass is 9.81. The number of carbonyl (C=O) groups excluding carboxylic acids is 2. The van der Waals surface area contributed by atoms with Gasteiger partial charge in [-0.25, -0.2) is 14.6 Å². The molecule has 11 heteroatoms. The number of morpholine rings is 1. The van der Waals surface area contributed by atoms with Gasteiger partial charge in [-0.15, -0.1) is 11.3 Å². The van der Waals surface area contributed by atoms with Gasteiger partial charge < -0.3 is 24.8 Å². The lowest BCUT2D eigenvalue weighted by Crippen LogP contribution is -2.40. The molecule has 0 aliphatic carbocycles. The lowest BCUT2D eigenvalue weighted by Gasteiger charge is -2.35. The molecule has 0 bridgehead atoms. The van der Waals surface area contributed by atoms with Crippen LogP contribution in [0.4, 0.5) is 10.8 Å². The average molecular weight is 558 g/mol. The fourth-order valence-corrected chi connectivity index (χ4v) is 5.75. The number of methoxy groups -OCH3 is 2. The van der Waals surface area contributed by atoms with E-state index >= 15 is 0 Å². The van der Waals surface area contributed by atoms with Crippen LogP contribution in [-0.2, 0) is 23.8 Å². The second-order valence-corrected chi connectivity index (χ2v) is 9.83. The Kier molecular flexibility index (Phi) is 7.82. The summed E-state index contributed by atoms with van der Waals surface area (Å²) in [5.41, 5.74) is 9.27. The number of nitrogens with zero attached hydrogens (tertiary/aromatic N) is 4. The standard InChI is InChI=1S/C29H27N5O5S/c1-37-27(35)24-23(19-6-4-3-5-7-19)21(16-30)26(31)34(25(24)28(36)38-2)20-10-8-18(9-11-20)22-17-40-29(32-22)33-12-14-39-15-13-33/h3-11,17,23H,12-15,31H2,1-2H3. The highest BCUT2D eigenvalue weighted by Crippen LogP contribution is 2.43. The third-order valence-electron chi connectivity index (χ3n) is 6.81. The molecule has 1 unspecified atom stereocenters. The van der Waals surface area contributed by atoms with Crippen molar-refractivity contribution in [2.45, 2.75) is 5.92 Å². The molecule has 0 saturated carbocycles. The molecule has 2 N–H and O–H groups in total. The molecule has 5 rings (SSSR count). The maximum atomic E-state index is 13.2. The van der Waals surface area contributed by atoms with Crippen LogP contribution >= 0.6 is 11.3 Å². The van der Waals surface area contributed by atoms with Crippen LogP contribution in [-0.4, -0.2) is 57.4 Å². The molecular weight excluding hydrogens is 530 g/mol. The van der Waals surface area contributed by atoms with E-state index in [0.29, 0.717) is 24.5 Å². The molecule has 1 fully saturated rings. The summed E-state index contributed by atoms with van der Waals surface area (Å²) in [5.74, 6) is -2.47. The van der Waals surface area contributed by atoms with Crippen LogP contribution < -0.4 is 15.5 Å². The molecule has 2 aliphatic rings. The zero-order chi connectivity index (χ0) is 28.2. The Bertz CT molecular complexity index is 1520. The Labute approximate surface area is 235 Å². The number of rotatable bonds is 6. The highest BCUT2D eigenvalue weighted by molar-refractivity contribution is 7.14. The van der Waals surface area contributed by atoms with Gasteiger partial charge in [-0.3, -0.25) is 4.90 Å². The van der Waals surface area contributed by atoms with E-state index in [1.54, 1.807) is 47.7 Å². The number of carbonyl (C=O) groups is 2. The summed E-state index contributed by atoms with van der Waals surface area (Å²) in [4.78, 5) is 34.8. The van der Waals surface area contributed by atoms with Crippen LogP contribution in [0.1, 0.15) is 11.5 Å². The second-order valence-electron chi connectivity index (χ2n) is 9.00. The van der Waals surface area contributed by atoms with Gasteiger partial charge in [0.1, 0.15) is 11.5 Å². The highest BCUT2D eigenvalue weighted by atomic mass is 32.1. The van der Waals surface area contributed by atoms with Gasteiger partial charge in [0.15, 0.2) is 5.13 Å². The van der Waals surface area contributed by atoms with Crippen molar-refractivity contribution < 1.29 is 23.8 Å². The Morgan fingerprint density at radius 3 is 2.35 bits per heavy atom. The Morgan fingerprint density at radius 1 is 1.05 bits per heavy atom. The van der Waals surface area contributed by atoms with Crippen LogP contribution in [0, 0.1) is 11.3 Å². The number of allylic oxidation sites excluding steroid dienone is 1. The fourth-order valence-electron chi connectivity index (χ4n) is 4.86. The number of nitriles is 1. The monoisotopic (exact) mass is 557 g/mol. The van der Waals surface area contributed by atoms with E-state index in [-0.39, 0.29) is 22.7 Å². The number of ether oxygens (including phenoxy) is 3. The number of nitrogens with two attached hydrogens (primary N) is 1. The van der Waals surface area contributed by atoms with Crippen molar-refractivity contribution in [3.8, 4) is 17.3 Å². The summed E-state index contributed by atoms with van der Waals surface area (Å²) < 4.78 is 15.6. The van der Waals surface area contributed by atoms with Gasteiger partial charge in [0.25, 0.3) is 0 Å². The maximum absolute atomic E-state index is 13.2. The van der Waals surface area contributed by atoms with Crippen LogP contribution in [0.25, 0.3) is 11.3 Å². The highest BCUT2D eigenvalue weighted by Gasteiger charge is 2.43. The zero-order valence-electron chi connectivity index (χ0n) is 22.0. The molecule has 3 aromatic rings. The molecule has 1 aromatic heterocycles. The molecule has 1 atom stereocenters. The molecule has 0 amide bonds. The lowest BCUT2D eigenvalue weighted by molar-refractivity contribution is -0.139. The third-order valence-corrected chi connectivity index (χ3v) is 7.71. The van der Waals surface area contributed by atoms with Gasteiger partial charge in [-0.1, -0.05) is 42.5 Å². The van der Waals surface area contributed by atoms with Gasteiger partial charge >= 0.3 is 11.9 Å². The third kappa shape index (κ3) is 4.90. The summed E-state index contributed by atoms with van der Waals surface area (Å²) in [6, 6.07) is 18.3. The second kappa shape index (κ2) is 11.6. The van der Waals surface area contributed by atoms with Gasteiger partial charge in [-0.2, -0.15) is 5.26 Å². The molecule has 10 nitrogen and oxygen atoms in total. The van der Waals surface area contributed by atoms with Gasteiger partial charge in [0.2, 0.25) is 0 Å². The molecule has 2 aliphatic heterocycles. The van der Waals surface area contributed by atoms with Gasteiger partial charge in [0.05, 0.1) is 56.3 Å². The molecule has 0 spiro atoms. The molecule has 2 aromatic carbocycles. The van der Waals surface area contributed by atoms with E-state index in [1.807, 2.05) is 23.6 Å². The van der Waals surface area contributed by atoms with Crippen LogP contribution in [0.5, 0.6) is 0 Å². The number of benzene rings is 2. The van der Waals surface area contributed by atoms with Gasteiger partial charge in [0, 0.05) is 29.7 Å². The fraction of sp³-hybridized carbons (Fsp3) is 0.241. The number of anilines is 2. The zero-order valence-corrected chi connectivity index (χ0v) is 22.8. The first-order valence-corrected chi connectivity index (χ1v) is 13.4. The molecule has 3 heterocycles. The number of hydrogen-bond acceptors (Lipinski definition) is 11. The number of hydrogen-bond donors (Lipinski definition) is 1. The van der Waals surface area contributed by atoms with Crippen molar-refractivity contribution >= 4 is 34.1 Å². The minimum Gasteiger partial charge on any atom is -0.466 e. The van der Waals surface area contributed by atoms with E-state index < -0.39 is 17.9 Å². The molecule has 1 saturated heterocycles. The van der Waals surface area contributed by atoms with Gasteiger partial charge in [-0.05, 0) is 17.7 Å². The quantitative estimate of drug-likeness (QED) is 0.449. The van der Waals surface area contributed by atoms with Crippen molar-refractivity contribution in [2.24, 2.45) is 5.73 Å². The topological polar surface area (TPSA) is 131 Å². The average Bonchev–Trinajstić information content (AvgIpc) is 3.51. The van der Waals surface area contributed by atoms with Crippen LogP contribution in [0.15, 0.2) is 82.6 Å². The maximum Gasteiger partial charge on any atom is 0.355 e. The Morgan fingerprint density at radius 2 is 1.73 bits per heavy atom. The number of esters is 2. The van der Waals surface area contributed by atoms with Crippen molar-refractivity contribution in [3.63, 3.8) is 0 Å². The normalized spacial score (nSPS) is 17.5. The van der Waals surface area contributed by atoms with E-state index in [0.717, 1.165) is 29.5 Å². The number of aromatic nitrogens is 1. The number of thiazole rings is 1. The first-order chi connectivity index (χ1) is 19.5. The van der Waals surface area contributed by atoms with Crippen molar-refractivity contribution in [1.82, 2.24) is 4.98 Å². The van der Waals surface area contributed by atoms with Crippen LogP contribution in [0.3, 0.4) is 0 Å². The Balaban J connectivity index is 1.59. The van der Waals surface area contributed by atoms with Crippen molar-refractivity contribution in [1.29, 1.82) is 5.26 Å². The predicted octanol–water partition coefficient (Wildman–Crippen LogP) is 3.54. The smallest absolute Gasteiger partial charge is 0.355 e. The molecule has 0 radical (unpaired) electrons. The summed E-state index contributed by atoms with van der Waals surface area (Å²) in [5, 5.41) is 13.1. The van der Waals surface area contributed by atoms with Crippen molar-refractivity contribution in [2.75, 3.05) is 50.3 Å². The predicted molar refractivity (Wildman–Crippen MR) is 150 cm³/mol. The largest absolute Gasteiger partial charge is 0.466 e. The van der Waals surface area contributed by atoms with E-state index in [4.69, 9.17) is 24.9 Å². The van der Waals surface area contributed by atoms with Crippen molar-refractivity contribution in [3.05, 3.63) is 88.2 Å². The molecular formula is C29H27N5O5S. The minimum atomic E-state index is -0.920. The van der Waals surface area contributed by atoms with Crippen LogP contribution in [0.2, 0.25) is 0 Å². The summed E-state index contributed by atoms with van der Waals surface area (Å²) >= 11 is 1.56. The summed E-state index contributed by atoms with van der Waals surface area (Å²) in [7, 11) is 2.44. The molecule has 204 valence electrons. The SMILES string of the molecule is COC(=O)C1=C(C(=O)OC)N(c2ccc(-c3csc(N4CCOCC4)n3)cc2)C(N)=C(C#N)C1c1ccccc1. The molecule has 40 heavy (non-hydrogen) atoms. The van der Waals surface area contributed by atoms with E-state index in [2.05, 4.69) is 11.0 Å². The van der Waals surface area contributed by atoms with E-state index in [1.165, 1.54) is 19.1 Å². The first-order valence-electron chi connectivity index (χ1n) is 12.5. The first kappa shape index (κ1) is 26.9. The Hall–Kier alpha value is -4.66. The summed E-state index contributed by atoms with van der Waals surface area (Å²) in [6.45, 7) is 2.94. The van der Waals surface area contributed by atoms with E-state index in [9.17, 15) is 14.9 Å². The summed E-state index contributed by atoms with van der Waals surface area (Å²) in [6.07, 6.45) is 0. The minimum absolute atomic E-state index is 0.0143.